The number of rotatable bonds is 4. The van der Waals surface area contributed by atoms with Crippen LogP contribution in [-0.2, 0) is 0 Å². The van der Waals surface area contributed by atoms with Gasteiger partial charge in [-0.3, -0.25) is 0 Å². The third-order valence-corrected chi connectivity index (χ3v) is 3.51. The first-order valence-corrected chi connectivity index (χ1v) is 6.01. The number of hydrogen-bond acceptors (Lipinski definition) is 1. The monoisotopic (exact) mass is 483 g/mol. The molecule has 0 aromatic heterocycles. The molecule has 0 N–H and O–H groups in total. The van der Waals surface area contributed by atoms with E-state index in [0.29, 0.717) is 0 Å². The number of hydrogen-bond donors (Lipinski definition) is 0. The molecule has 20 heteroatoms. The van der Waals surface area contributed by atoms with Crippen molar-refractivity contribution in [3.63, 3.8) is 0 Å². The Bertz CT molecular complexity index is 629. The zero-order valence-electron chi connectivity index (χ0n) is 12.1. The van der Waals surface area contributed by atoms with E-state index in [0.717, 1.165) is 0 Å². The Kier molecular flexibility index (Phi) is 5.00. The fraction of sp³-hybridized carbons (Fsp3) is 1.00. The van der Waals surface area contributed by atoms with Gasteiger partial charge in [-0.2, -0.15) is 83.4 Å². The van der Waals surface area contributed by atoms with Crippen LogP contribution in [0.3, 0.4) is 0 Å². The number of halogens is 19. The minimum Gasteiger partial charge on any atom is -0.192 e. The molecule has 1 heterocycles. The quantitative estimate of drug-likeness (QED) is 0.360. The molecule has 29 heavy (non-hydrogen) atoms. The van der Waals surface area contributed by atoms with Gasteiger partial charge < -0.3 is 0 Å². The second-order valence-corrected chi connectivity index (χ2v) is 5.33. The van der Waals surface area contributed by atoms with E-state index >= 15 is 0 Å². The highest BCUT2D eigenvalue weighted by molar-refractivity contribution is 5.17. The maximum atomic E-state index is 13.4. The van der Waals surface area contributed by atoms with E-state index in [-0.39, 0.29) is 0 Å². The van der Waals surface area contributed by atoms with Crippen molar-refractivity contribution in [2.24, 2.45) is 0 Å². The fourth-order valence-corrected chi connectivity index (χ4v) is 1.89. The molecular weight excluding hydrogens is 483 g/mol. The summed E-state index contributed by atoms with van der Waals surface area (Å²) in [4.78, 5) is -4.52. The van der Waals surface area contributed by atoms with Crippen LogP contribution in [0.25, 0.3) is 0 Å². The number of nitrogens with zero attached hydrogens (tertiary/aromatic N) is 1. The van der Waals surface area contributed by atoms with Gasteiger partial charge in [-0.1, -0.05) is 0 Å². The summed E-state index contributed by atoms with van der Waals surface area (Å²) < 4.78 is 243. The van der Waals surface area contributed by atoms with Gasteiger partial charge >= 0.3 is 53.9 Å². The highest BCUT2D eigenvalue weighted by atomic mass is 19.4. The van der Waals surface area contributed by atoms with E-state index in [1.54, 1.807) is 0 Å². The van der Waals surface area contributed by atoms with E-state index < -0.39 is 58.8 Å². The maximum Gasteiger partial charge on any atom is 0.460 e. The van der Waals surface area contributed by atoms with E-state index in [4.69, 9.17) is 0 Å². The minimum absolute atomic E-state index is 4.52. The molecule has 1 rings (SSSR count). The maximum absolute atomic E-state index is 13.4. The lowest BCUT2D eigenvalue weighted by Gasteiger charge is -2.42. The molecule has 1 aliphatic rings. The average Bonchev–Trinajstić information content (AvgIpc) is 2.50. The summed E-state index contributed by atoms with van der Waals surface area (Å²) in [6.45, 7) is 0. The minimum atomic E-state index is -8.69. The first kappa shape index (κ1) is 25.7. The Balaban J connectivity index is 3.82. The largest absolute Gasteiger partial charge is 0.460 e. The molecule has 1 fully saturated rings. The van der Waals surface area contributed by atoms with Crippen molar-refractivity contribution in [3.8, 4) is 0 Å². The molecule has 174 valence electrons. The normalized spacial score (nSPS) is 25.3. The van der Waals surface area contributed by atoms with Crippen LogP contribution >= 0.6 is 0 Å². The molecule has 0 aromatic rings. The second-order valence-electron chi connectivity index (χ2n) is 5.33. The predicted molar refractivity (Wildman–Crippen MR) is 47.5 cm³/mol. The highest BCUT2D eigenvalue weighted by Gasteiger charge is 3.00. The lowest BCUT2D eigenvalue weighted by atomic mass is 10.0. The van der Waals surface area contributed by atoms with E-state index in [1.165, 1.54) is 0 Å². The van der Waals surface area contributed by atoms with Crippen LogP contribution in [0.4, 0.5) is 83.4 Å². The number of alkyl halides is 19. The SMILES string of the molecule is FC(F)(F)C(F)(F)C(F)(F)C(F)(F)C(F)(F)N1C(F)(F)C(F)(F)C(F)(F)C1(F)F. The first-order chi connectivity index (χ1) is 12.1. The third-order valence-electron chi connectivity index (χ3n) is 3.51. The Morgan fingerprint density at radius 1 is 0.414 bits per heavy atom. The van der Waals surface area contributed by atoms with E-state index in [2.05, 4.69) is 0 Å². The topological polar surface area (TPSA) is 3.24 Å². The van der Waals surface area contributed by atoms with E-state index in [9.17, 15) is 83.4 Å². The lowest BCUT2D eigenvalue weighted by Crippen LogP contribution is -2.73. The molecular formula is C9F19N. The van der Waals surface area contributed by atoms with Crippen LogP contribution in [-0.4, -0.2) is 58.8 Å². The van der Waals surface area contributed by atoms with Crippen LogP contribution < -0.4 is 0 Å². The summed E-state index contributed by atoms with van der Waals surface area (Å²) in [6.07, 6.45) is -7.85. The summed E-state index contributed by atoms with van der Waals surface area (Å²) in [5, 5.41) is 0. The van der Waals surface area contributed by atoms with Gasteiger partial charge in [0.1, 0.15) is 0 Å². The molecule has 0 aromatic carbocycles. The van der Waals surface area contributed by atoms with Gasteiger partial charge in [-0.25, -0.2) is 0 Å². The smallest absolute Gasteiger partial charge is 0.192 e. The molecule has 0 spiro atoms. The Hall–Kier alpha value is -1.37. The molecule has 0 saturated carbocycles. The van der Waals surface area contributed by atoms with Crippen molar-refractivity contribution in [1.29, 1.82) is 0 Å². The van der Waals surface area contributed by atoms with Crippen LogP contribution in [0.2, 0.25) is 0 Å². The fourth-order valence-electron chi connectivity index (χ4n) is 1.89. The lowest BCUT2D eigenvalue weighted by molar-refractivity contribution is -0.470. The van der Waals surface area contributed by atoms with Crippen LogP contribution in [0.5, 0.6) is 0 Å². The third kappa shape index (κ3) is 2.55. The summed E-state index contributed by atoms with van der Waals surface area (Å²) in [5.41, 5.74) is 0. The molecule has 0 bridgehead atoms. The van der Waals surface area contributed by atoms with Crippen LogP contribution in [0.1, 0.15) is 0 Å². The van der Waals surface area contributed by atoms with Gasteiger partial charge in [0.05, 0.1) is 0 Å². The van der Waals surface area contributed by atoms with E-state index in [1.807, 2.05) is 0 Å². The van der Waals surface area contributed by atoms with Crippen molar-refractivity contribution in [2.75, 3.05) is 0 Å². The summed E-state index contributed by atoms with van der Waals surface area (Å²) in [7, 11) is 0. The summed E-state index contributed by atoms with van der Waals surface area (Å²) >= 11 is 0. The molecule has 0 unspecified atom stereocenters. The van der Waals surface area contributed by atoms with Crippen LogP contribution in [0.15, 0.2) is 0 Å². The van der Waals surface area contributed by atoms with Gasteiger partial charge in [-0.15, -0.1) is 4.90 Å². The molecule has 0 aliphatic carbocycles. The number of likely N-dealkylation sites (tertiary alicyclic amines) is 1. The summed E-state index contributed by atoms with van der Waals surface area (Å²) in [5.74, 6) is -40.9. The van der Waals surface area contributed by atoms with Crippen molar-refractivity contribution in [1.82, 2.24) is 4.90 Å². The predicted octanol–water partition coefficient (Wildman–Crippen LogP) is 5.82. The van der Waals surface area contributed by atoms with Gasteiger partial charge in [0, 0.05) is 0 Å². The van der Waals surface area contributed by atoms with Crippen molar-refractivity contribution < 1.29 is 83.4 Å². The first-order valence-electron chi connectivity index (χ1n) is 6.01. The Morgan fingerprint density at radius 3 is 0.931 bits per heavy atom. The van der Waals surface area contributed by atoms with Gasteiger partial charge in [-0.05, 0) is 0 Å². The Morgan fingerprint density at radius 2 is 0.690 bits per heavy atom. The van der Waals surface area contributed by atoms with Crippen molar-refractivity contribution in [2.45, 2.75) is 53.9 Å². The molecule has 0 amide bonds. The van der Waals surface area contributed by atoms with Gasteiger partial charge in [0.15, 0.2) is 0 Å². The van der Waals surface area contributed by atoms with Crippen molar-refractivity contribution >= 4 is 0 Å². The molecule has 0 radical (unpaired) electrons. The van der Waals surface area contributed by atoms with Crippen LogP contribution in [0, 0.1) is 0 Å². The zero-order valence-corrected chi connectivity index (χ0v) is 12.1. The molecule has 1 aliphatic heterocycles. The standard InChI is InChI=1S/C9F19N/c10-1(11,2(12,13)6(20,21)22)3(14,15)7(23,24)29-8(25,26)4(16,17)5(18,19)9(29,27)28. The summed E-state index contributed by atoms with van der Waals surface area (Å²) in [6, 6.07) is -24.2. The van der Waals surface area contributed by atoms with Gasteiger partial charge in [0.25, 0.3) is 0 Å². The molecule has 0 atom stereocenters. The van der Waals surface area contributed by atoms with Gasteiger partial charge in [0.2, 0.25) is 0 Å². The Labute approximate surface area is 144 Å². The molecule has 1 nitrogen and oxygen atoms in total. The molecule has 1 saturated heterocycles. The second kappa shape index (κ2) is 5.65. The highest BCUT2D eigenvalue weighted by Crippen LogP contribution is 2.68. The average molecular weight is 483 g/mol. The van der Waals surface area contributed by atoms with Crippen molar-refractivity contribution in [3.05, 3.63) is 0 Å². The zero-order chi connectivity index (χ0) is 24.1.